The number of nitrogens with one attached hydrogen (secondary N) is 1. The van der Waals surface area contributed by atoms with Gasteiger partial charge in [0, 0.05) is 11.1 Å². The van der Waals surface area contributed by atoms with Crippen LogP contribution >= 0.6 is 0 Å². The lowest BCUT2D eigenvalue weighted by Gasteiger charge is -2.13. The number of benzene rings is 3. The van der Waals surface area contributed by atoms with Gasteiger partial charge in [0.15, 0.2) is 5.78 Å². The number of hydrogen-bond acceptors (Lipinski definition) is 3. The maximum atomic E-state index is 12.8. The summed E-state index contributed by atoms with van der Waals surface area (Å²) in [5, 5.41) is 2.56. The minimum absolute atomic E-state index is 0.100. The van der Waals surface area contributed by atoms with Gasteiger partial charge in [0.2, 0.25) is 0 Å². The van der Waals surface area contributed by atoms with Gasteiger partial charge in [-0.05, 0) is 29.3 Å². The minimum atomic E-state index is -3.01. The molecule has 0 spiro atoms. The monoisotopic (exact) mass is 365 g/mol. The van der Waals surface area contributed by atoms with E-state index in [0.717, 1.165) is 5.56 Å². The predicted molar refractivity (Wildman–Crippen MR) is 96.3 cm³/mol. The highest BCUT2D eigenvalue weighted by Gasteiger charge is 2.30. The van der Waals surface area contributed by atoms with Gasteiger partial charge in [-0.15, -0.1) is 0 Å². The third kappa shape index (κ3) is 2.95. The van der Waals surface area contributed by atoms with Gasteiger partial charge in [0.25, 0.3) is 5.91 Å². The molecule has 0 fully saturated rings. The van der Waals surface area contributed by atoms with Crippen molar-refractivity contribution in [3.8, 4) is 16.9 Å². The van der Waals surface area contributed by atoms with Crippen LogP contribution in [0.5, 0.6) is 5.75 Å². The van der Waals surface area contributed by atoms with E-state index in [1.165, 1.54) is 24.3 Å². The van der Waals surface area contributed by atoms with Crippen molar-refractivity contribution in [3.63, 3.8) is 0 Å². The van der Waals surface area contributed by atoms with Crippen molar-refractivity contribution in [1.29, 1.82) is 0 Å². The van der Waals surface area contributed by atoms with E-state index in [9.17, 15) is 18.4 Å². The first-order chi connectivity index (χ1) is 13.1. The Morgan fingerprint density at radius 2 is 1.52 bits per heavy atom. The van der Waals surface area contributed by atoms with Gasteiger partial charge in [-0.1, -0.05) is 48.5 Å². The van der Waals surface area contributed by atoms with Crippen LogP contribution < -0.4 is 10.1 Å². The van der Waals surface area contributed by atoms with Crippen molar-refractivity contribution < 1.29 is 23.1 Å². The average Bonchev–Trinajstić information content (AvgIpc) is 2.96. The number of anilines is 1. The molecular weight excluding hydrogens is 352 g/mol. The summed E-state index contributed by atoms with van der Waals surface area (Å²) in [6.45, 7) is -3.01. The summed E-state index contributed by atoms with van der Waals surface area (Å²) in [4.78, 5) is 25.6. The van der Waals surface area contributed by atoms with Crippen molar-refractivity contribution in [2.45, 2.75) is 6.61 Å². The molecule has 134 valence electrons. The van der Waals surface area contributed by atoms with E-state index < -0.39 is 12.5 Å². The van der Waals surface area contributed by atoms with Crippen LogP contribution in [-0.4, -0.2) is 18.3 Å². The van der Waals surface area contributed by atoms with Gasteiger partial charge in [-0.2, -0.15) is 8.78 Å². The van der Waals surface area contributed by atoms with Crippen LogP contribution in [0.25, 0.3) is 11.1 Å². The molecule has 0 radical (unpaired) electrons. The van der Waals surface area contributed by atoms with Crippen LogP contribution in [0.3, 0.4) is 0 Å². The molecule has 0 saturated carbocycles. The number of para-hydroxylation sites is 2. The van der Waals surface area contributed by atoms with E-state index in [0.29, 0.717) is 16.7 Å². The molecule has 0 bridgehead atoms. The molecule has 0 saturated heterocycles. The zero-order valence-corrected chi connectivity index (χ0v) is 13.9. The van der Waals surface area contributed by atoms with Crippen LogP contribution in [-0.2, 0) is 0 Å². The lowest BCUT2D eigenvalue weighted by atomic mass is 10.00. The summed E-state index contributed by atoms with van der Waals surface area (Å²) in [7, 11) is 0. The molecule has 27 heavy (non-hydrogen) atoms. The van der Waals surface area contributed by atoms with Crippen molar-refractivity contribution in [3.05, 3.63) is 83.4 Å². The zero-order chi connectivity index (χ0) is 19.0. The maximum Gasteiger partial charge on any atom is 0.387 e. The largest absolute Gasteiger partial charge is 0.433 e. The molecule has 3 aromatic rings. The molecule has 0 aliphatic heterocycles. The van der Waals surface area contributed by atoms with Crippen LogP contribution in [0.1, 0.15) is 26.3 Å². The summed E-state index contributed by atoms with van der Waals surface area (Å²) < 4.78 is 29.6. The van der Waals surface area contributed by atoms with Crippen LogP contribution in [0.15, 0.2) is 66.7 Å². The Balaban J connectivity index is 1.71. The van der Waals surface area contributed by atoms with Crippen molar-refractivity contribution in [1.82, 2.24) is 0 Å². The number of fused-ring (bicyclic) bond motifs is 3. The molecule has 1 N–H and O–H groups in total. The van der Waals surface area contributed by atoms with E-state index in [2.05, 4.69) is 10.1 Å². The SMILES string of the molecule is O=C(Nc1ccccc1OC(F)F)c1cccc2c1C(=O)c1ccccc1-2. The molecule has 1 aliphatic carbocycles. The topological polar surface area (TPSA) is 55.4 Å². The second-order valence-electron chi connectivity index (χ2n) is 5.93. The Morgan fingerprint density at radius 1 is 0.852 bits per heavy atom. The van der Waals surface area contributed by atoms with E-state index >= 15 is 0 Å². The van der Waals surface area contributed by atoms with Crippen molar-refractivity contribution >= 4 is 17.4 Å². The number of carbonyl (C=O) groups excluding carboxylic acids is 2. The first kappa shape index (κ1) is 16.9. The quantitative estimate of drug-likeness (QED) is 0.568. The first-order valence-corrected chi connectivity index (χ1v) is 8.18. The smallest absolute Gasteiger partial charge is 0.387 e. The Hall–Kier alpha value is -3.54. The van der Waals surface area contributed by atoms with Gasteiger partial charge in [-0.3, -0.25) is 9.59 Å². The van der Waals surface area contributed by atoms with Gasteiger partial charge in [0.1, 0.15) is 5.75 Å². The standard InChI is InChI=1S/C21H13F2NO3/c22-21(23)27-17-11-4-3-10-16(17)24-20(26)15-9-5-8-13-12-6-1-2-7-14(12)19(25)18(13)15/h1-11,21H,(H,24,26). The average molecular weight is 365 g/mol. The molecule has 1 amide bonds. The van der Waals surface area contributed by atoms with Gasteiger partial charge in [-0.25, -0.2) is 0 Å². The number of alkyl halides is 2. The number of ketones is 1. The lowest BCUT2D eigenvalue weighted by Crippen LogP contribution is -2.17. The Labute approximate surface area is 153 Å². The summed E-state index contributed by atoms with van der Waals surface area (Å²) in [5.41, 5.74) is 2.58. The second-order valence-corrected chi connectivity index (χ2v) is 5.93. The number of halogens is 2. The summed E-state index contributed by atoms with van der Waals surface area (Å²) in [6, 6.07) is 18.0. The fourth-order valence-corrected chi connectivity index (χ4v) is 3.22. The molecule has 0 atom stereocenters. The maximum absolute atomic E-state index is 12.8. The molecular formula is C21H13F2NO3. The predicted octanol–water partition coefficient (Wildman–Crippen LogP) is 4.75. The molecule has 0 aromatic heterocycles. The zero-order valence-electron chi connectivity index (χ0n) is 13.9. The summed E-state index contributed by atoms with van der Waals surface area (Å²) in [5.74, 6) is -0.954. The van der Waals surface area contributed by atoms with Crippen molar-refractivity contribution in [2.24, 2.45) is 0 Å². The Bertz CT molecular complexity index is 1060. The summed E-state index contributed by atoms with van der Waals surface area (Å²) in [6.07, 6.45) is 0. The number of amides is 1. The minimum Gasteiger partial charge on any atom is -0.433 e. The van der Waals surface area contributed by atoms with E-state index in [-0.39, 0.29) is 22.8 Å². The molecule has 1 aliphatic rings. The fourth-order valence-electron chi connectivity index (χ4n) is 3.22. The first-order valence-electron chi connectivity index (χ1n) is 8.18. The lowest BCUT2D eigenvalue weighted by molar-refractivity contribution is -0.0493. The van der Waals surface area contributed by atoms with E-state index in [1.807, 2.05) is 12.1 Å². The van der Waals surface area contributed by atoms with Crippen LogP contribution in [0, 0.1) is 0 Å². The normalized spacial score (nSPS) is 11.9. The highest BCUT2D eigenvalue weighted by Crippen LogP contribution is 2.38. The fraction of sp³-hybridized carbons (Fsp3) is 0.0476. The third-order valence-electron chi connectivity index (χ3n) is 4.35. The van der Waals surface area contributed by atoms with E-state index in [1.54, 1.807) is 30.3 Å². The second kappa shape index (κ2) is 6.64. The Morgan fingerprint density at radius 3 is 2.30 bits per heavy atom. The number of hydrogen-bond donors (Lipinski definition) is 1. The van der Waals surface area contributed by atoms with Crippen molar-refractivity contribution in [2.75, 3.05) is 5.32 Å². The third-order valence-corrected chi connectivity index (χ3v) is 4.35. The number of rotatable bonds is 4. The molecule has 0 heterocycles. The van der Waals surface area contributed by atoms with Gasteiger partial charge < -0.3 is 10.1 Å². The summed E-state index contributed by atoms with van der Waals surface area (Å²) >= 11 is 0. The molecule has 6 heteroatoms. The van der Waals surface area contributed by atoms with E-state index in [4.69, 9.17) is 0 Å². The molecule has 3 aromatic carbocycles. The van der Waals surface area contributed by atoms with Gasteiger partial charge in [0.05, 0.1) is 11.3 Å². The van der Waals surface area contributed by atoms with Crippen LogP contribution in [0.2, 0.25) is 0 Å². The number of carbonyl (C=O) groups is 2. The number of ether oxygens (including phenoxy) is 1. The molecule has 0 unspecified atom stereocenters. The molecule has 4 nitrogen and oxygen atoms in total. The highest BCUT2D eigenvalue weighted by atomic mass is 19.3. The highest BCUT2D eigenvalue weighted by molar-refractivity contribution is 6.26. The van der Waals surface area contributed by atoms with Gasteiger partial charge >= 0.3 is 6.61 Å². The molecule has 4 rings (SSSR count). The Kier molecular flexibility index (Phi) is 4.16. The van der Waals surface area contributed by atoms with Crippen LogP contribution in [0.4, 0.5) is 14.5 Å².